The van der Waals surface area contributed by atoms with Crippen molar-refractivity contribution in [2.75, 3.05) is 22.9 Å². The molecule has 0 aliphatic carbocycles. The van der Waals surface area contributed by atoms with Crippen LogP contribution in [0.4, 0.5) is 11.4 Å². The minimum atomic E-state index is 0.112. The van der Waals surface area contributed by atoms with Crippen molar-refractivity contribution in [2.45, 2.75) is 11.8 Å². The number of nitrogens with two attached hydrogens (primary N) is 1. The number of thioether (sulfide) groups is 1. The van der Waals surface area contributed by atoms with Gasteiger partial charge in [-0.05, 0) is 43.3 Å². The third kappa shape index (κ3) is 3.78. The lowest BCUT2D eigenvalue weighted by Gasteiger charge is -2.20. The first kappa shape index (κ1) is 14.5. The van der Waals surface area contributed by atoms with Gasteiger partial charge < -0.3 is 10.6 Å². The van der Waals surface area contributed by atoms with Crippen LogP contribution >= 0.6 is 11.8 Å². The van der Waals surface area contributed by atoms with Gasteiger partial charge in [0, 0.05) is 22.8 Å². The molecule has 0 fully saturated rings. The summed E-state index contributed by atoms with van der Waals surface area (Å²) in [6, 6.07) is 17.3. The van der Waals surface area contributed by atoms with Gasteiger partial charge in [-0.2, -0.15) is 0 Å². The lowest BCUT2D eigenvalue weighted by molar-refractivity contribution is -0.116. The number of para-hydroxylation sites is 1. The van der Waals surface area contributed by atoms with Gasteiger partial charge in [-0.1, -0.05) is 18.2 Å². The fraction of sp³-hybridized carbons (Fsp3) is 0.188. The van der Waals surface area contributed by atoms with Crippen molar-refractivity contribution in [1.82, 2.24) is 0 Å². The molecule has 2 aromatic rings. The van der Waals surface area contributed by atoms with Crippen molar-refractivity contribution >= 4 is 29.0 Å². The highest BCUT2D eigenvalue weighted by molar-refractivity contribution is 8.00. The Morgan fingerprint density at radius 3 is 2.35 bits per heavy atom. The van der Waals surface area contributed by atoms with Gasteiger partial charge in [-0.3, -0.25) is 4.79 Å². The first-order valence-corrected chi connectivity index (χ1v) is 7.53. The number of carbonyl (C=O) groups excluding carboxylic acids is 1. The van der Waals surface area contributed by atoms with Crippen LogP contribution in [0.5, 0.6) is 0 Å². The number of nitrogen functional groups attached to an aromatic ring is 1. The quantitative estimate of drug-likeness (QED) is 0.677. The highest BCUT2D eigenvalue weighted by Gasteiger charge is 2.13. The van der Waals surface area contributed by atoms with Crippen LogP contribution in [-0.4, -0.2) is 18.2 Å². The van der Waals surface area contributed by atoms with E-state index < -0.39 is 0 Å². The molecule has 0 saturated heterocycles. The highest BCUT2D eigenvalue weighted by Crippen LogP contribution is 2.21. The molecule has 104 valence electrons. The average molecular weight is 286 g/mol. The zero-order chi connectivity index (χ0) is 14.4. The first-order chi connectivity index (χ1) is 9.70. The molecule has 20 heavy (non-hydrogen) atoms. The summed E-state index contributed by atoms with van der Waals surface area (Å²) in [7, 11) is 0. The van der Waals surface area contributed by atoms with E-state index in [0.29, 0.717) is 12.3 Å². The van der Waals surface area contributed by atoms with Crippen LogP contribution in [-0.2, 0) is 4.79 Å². The molecule has 0 bridgehead atoms. The second-order valence-corrected chi connectivity index (χ2v) is 5.38. The van der Waals surface area contributed by atoms with E-state index >= 15 is 0 Å². The summed E-state index contributed by atoms with van der Waals surface area (Å²) in [4.78, 5) is 15.1. The van der Waals surface area contributed by atoms with Crippen LogP contribution < -0.4 is 10.6 Å². The molecule has 1 amide bonds. The number of hydrogen-bond acceptors (Lipinski definition) is 3. The normalized spacial score (nSPS) is 10.2. The summed E-state index contributed by atoms with van der Waals surface area (Å²) in [6.07, 6.45) is 0. The maximum Gasteiger partial charge on any atom is 0.237 e. The van der Waals surface area contributed by atoms with Crippen molar-refractivity contribution in [1.29, 1.82) is 0 Å². The van der Waals surface area contributed by atoms with Crippen LogP contribution in [0.25, 0.3) is 0 Å². The number of nitrogens with zero attached hydrogens (tertiary/aromatic N) is 1. The van der Waals surface area contributed by atoms with E-state index in [2.05, 4.69) is 0 Å². The van der Waals surface area contributed by atoms with E-state index in [1.54, 1.807) is 4.90 Å². The van der Waals surface area contributed by atoms with E-state index in [0.717, 1.165) is 16.3 Å². The molecule has 0 aromatic heterocycles. The number of rotatable bonds is 5. The van der Waals surface area contributed by atoms with Gasteiger partial charge in [0.2, 0.25) is 5.91 Å². The fourth-order valence-corrected chi connectivity index (χ4v) is 2.67. The number of carbonyl (C=O) groups is 1. The lowest BCUT2D eigenvalue weighted by Crippen LogP contribution is -2.32. The maximum atomic E-state index is 12.3. The van der Waals surface area contributed by atoms with E-state index in [-0.39, 0.29) is 5.91 Å². The minimum Gasteiger partial charge on any atom is -0.399 e. The fourth-order valence-electron chi connectivity index (χ4n) is 1.90. The van der Waals surface area contributed by atoms with Crippen molar-refractivity contribution in [2.24, 2.45) is 0 Å². The van der Waals surface area contributed by atoms with E-state index in [4.69, 9.17) is 5.73 Å². The molecule has 0 saturated carbocycles. The number of benzene rings is 2. The molecule has 0 radical (unpaired) electrons. The molecule has 0 unspecified atom stereocenters. The third-order valence-electron chi connectivity index (χ3n) is 2.93. The molecular weight excluding hydrogens is 268 g/mol. The van der Waals surface area contributed by atoms with Crippen LogP contribution in [0.15, 0.2) is 59.5 Å². The van der Waals surface area contributed by atoms with Crippen LogP contribution in [0.1, 0.15) is 6.92 Å². The summed E-state index contributed by atoms with van der Waals surface area (Å²) in [5, 5.41) is 0. The second kappa shape index (κ2) is 7.01. The summed E-state index contributed by atoms with van der Waals surface area (Å²) in [5.74, 6) is 0.535. The highest BCUT2D eigenvalue weighted by atomic mass is 32.2. The lowest BCUT2D eigenvalue weighted by atomic mass is 10.3. The van der Waals surface area contributed by atoms with E-state index in [1.807, 2.05) is 61.5 Å². The van der Waals surface area contributed by atoms with E-state index in [1.165, 1.54) is 11.8 Å². The minimum absolute atomic E-state index is 0.112. The van der Waals surface area contributed by atoms with Crippen LogP contribution in [0, 0.1) is 0 Å². The zero-order valence-electron chi connectivity index (χ0n) is 11.5. The maximum absolute atomic E-state index is 12.3. The summed E-state index contributed by atoms with van der Waals surface area (Å²) < 4.78 is 0. The third-order valence-corrected chi connectivity index (χ3v) is 3.92. The van der Waals surface area contributed by atoms with Gasteiger partial charge in [0.25, 0.3) is 0 Å². The Balaban J connectivity index is 1.98. The van der Waals surface area contributed by atoms with Crippen molar-refractivity contribution in [3.8, 4) is 0 Å². The Bertz CT molecular complexity index is 554. The summed E-state index contributed by atoms with van der Waals surface area (Å²) in [6.45, 7) is 2.66. The standard InChI is InChI=1S/C16H18N2OS/c1-2-18(14-6-4-3-5-7-14)16(19)12-20-15-10-8-13(17)9-11-15/h3-11H,2,12,17H2,1H3. The van der Waals surface area contributed by atoms with Crippen LogP contribution in [0.2, 0.25) is 0 Å². The molecular formula is C16H18N2OS. The molecule has 2 rings (SSSR count). The Morgan fingerprint density at radius 1 is 1.10 bits per heavy atom. The molecule has 4 heteroatoms. The number of amides is 1. The van der Waals surface area contributed by atoms with Crippen molar-refractivity contribution in [3.63, 3.8) is 0 Å². The molecule has 2 aromatic carbocycles. The van der Waals surface area contributed by atoms with Crippen molar-refractivity contribution < 1.29 is 4.79 Å². The summed E-state index contributed by atoms with van der Waals surface area (Å²) in [5.41, 5.74) is 7.32. The van der Waals surface area contributed by atoms with Gasteiger partial charge in [-0.15, -0.1) is 11.8 Å². The predicted octanol–water partition coefficient (Wildman–Crippen LogP) is 3.41. The van der Waals surface area contributed by atoms with Gasteiger partial charge in [0.15, 0.2) is 0 Å². The van der Waals surface area contributed by atoms with Gasteiger partial charge in [0.05, 0.1) is 5.75 Å². The van der Waals surface area contributed by atoms with Gasteiger partial charge in [-0.25, -0.2) is 0 Å². The smallest absolute Gasteiger partial charge is 0.237 e. The Kier molecular flexibility index (Phi) is 5.07. The average Bonchev–Trinajstić information content (AvgIpc) is 2.48. The topological polar surface area (TPSA) is 46.3 Å². The Morgan fingerprint density at radius 2 is 1.75 bits per heavy atom. The zero-order valence-corrected chi connectivity index (χ0v) is 12.3. The summed E-state index contributed by atoms with van der Waals surface area (Å²) >= 11 is 1.53. The second-order valence-electron chi connectivity index (χ2n) is 4.33. The number of anilines is 2. The van der Waals surface area contributed by atoms with Crippen LogP contribution in [0.3, 0.4) is 0 Å². The predicted molar refractivity (Wildman–Crippen MR) is 86.0 cm³/mol. The largest absolute Gasteiger partial charge is 0.399 e. The molecule has 0 heterocycles. The van der Waals surface area contributed by atoms with E-state index in [9.17, 15) is 4.79 Å². The molecule has 0 aliphatic heterocycles. The molecule has 0 atom stereocenters. The molecule has 0 spiro atoms. The molecule has 2 N–H and O–H groups in total. The SMILES string of the molecule is CCN(C(=O)CSc1ccc(N)cc1)c1ccccc1. The Labute approximate surface area is 123 Å². The molecule has 3 nitrogen and oxygen atoms in total. The first-order valence-electron chi connectivity index (χ1n) is 6.54. The monoisotopic (exact) mass is 286 g/mol. The van der Waals surface area contributed by atoms with Crippen molar-refractivity contribution in [3.05, 3.63) is 54.6 Å². The Hall–Kier alpha value is -1.94. The molecule has 0 aliphatic rings. The van der Waals surface area contributed by atoms with Gasteiger partial charge in [0.1, 0.15) is 0 Å². The number of hydrogen-bond donors (Lipinski definition) is 1. The van der Waals surface area contributed by atoms with Gasteiger partial charge >= 0.3 is 0 Å².